The van der Waals surface area contributed by atoms with Crippen LogP contribution >= 0.6 is 0 Å². The molecule has 0 bridgehead atoms. The van der Waals surface area contributed by atoms with E-state index in [2.05, 4.69) is 17.4 Å². The highest BCUT2D eigenvalue weighted by atomic mass is 16.6. The smallest absolute Gasteiger partial charge is 0.272 e. The quantitative estimate of drug-likeness (QED) is 0.493. The number of carbonyl (C=O) groups is 1. The summed E-state index contributed by atoms with van der Waals surface area (Å²) in [5.74, 6) is -0.223. The molecule has 0 radical (unpaired) electrons. The molecule has 1 saturated heterocycles. The molecule has 3 N–H and O–H groups in total. The molecule has 1 fully saturated rings. The maximum absolute atomic E-state index is 12.6. The number of amides is 1. The lowest BCUT2D eigenvalue weighted by Gasteiger charge is -2.17. The minimum absolute atomic E-state index is 0.165. The molecule has 2 aromatic rings. The van der Waals surface area contributed by atoms with Crippen molar-refractivity contribution in [3.63, 3.8) is 0 Å². The van der Waals surface area contributed by atoms with Crippen LogP contribution in [0.4, 0.5) is 11.4 Å². The third-order valence-electron chi connectivity index (χ3n) is 4.31. The molecule has 3 rings (SSSR count). The highest BCUT2D eigenvalue weighted by Gasteiger charge is 2.27. The van der Waals surface area contributed by atoms with E-state index in [9.17, 15) is 14.9 Å². The van der Waals surface area contributed by atoms with Crippen molar-refractivity contribution in [1.29, 1.82) is 0 Å². The van der Waals surface area contributed by atoms with Crippen molar-refractivity contribution in [2.24, 2.45) is 0 Å². The molecular formula is C18H20N4O3. The normalized spacial score (nSPS) is 16.8. The molecule has 7 heteroatoms. The Bertz CT molecular complexity index is 779. The van der Waals surface area contributed by atoms with Crippen LogP contribution in [-0.4, -0.2) is 34.9 Å². The van der Waals surface area contributed by atoms with E-state index < -0.39 is 4.92 Å². The Balaban J connectivity index is 1.62. The number of rotatable bonds is 5. The van der Waals surface area contributed by atoms with Crippen molar-refractivity contribution in [2.75, 3.05) is 18.8 Å². The molecule has 25 heavy (non-hydrogen) atoms. The Morgan fingerprint density at radius 2 is 2.04 bits per heavy atom. The van der Waals surface area contributed by atoms with Crippen LogP contribution < -0.4 is 11.1 Å². The summed E-state index contributed by atoms with van der Waals surface area (Å²) in [6.45, 7) is 1.94. The third kappa shape index (κ3) is 4.13. The average molecular weight is 340 g/mol. The molecule has 1 amide bonds. The fraction of sp³-hybridized carbons (Fsp3) is 0.278. The number of hydrogen-bond donors (Lipinski definition) is 2. The van der Waals surface area contributed by atoms with Crippen LogP contribution in [0, 0.1) is 10.1 Å². The lowest BCUT2D eigenvalue weighted by atomic mass is 10.1. The van der Waals surface area contributed by atoms with Crippen molar-refractivity contribution in [2.45, 2.75) is 19.0 Å². The van der Waals surface area contributed by atoms with Crippen molar-refractivity contribution in [3.8, 4) is 0 Å². The molecular weight excluding hydrogens is 320 g/mol. The molecule has 1 aliphatic rings. The zero-order valence-electron chi connectivity index (χ0n) is 13.7. The molecule has 0 aliphatic carbocycles. The van der Waals surface area contributed by atoms with E-state index in [1.54, 1.807) is 4.90 Å². The summed E-state index contributed by atoms with van der Waals surface area (Å²) >= 11 is 0. The Morgan fingerprint density at radius 1 is 1.28 bits per heavy atom. The van der Waals surface area contributed by atoms with E-state index >= 15 is 0 Å². The fourth-order valence-electron chi connectivity index (χ4n) is 3.02. The van der Waals surface area contributed by atoms with Crippen LogP contribution in [0.25, 0.3) is 0 Å². The van der Waals surface area contributed by atoms with Gasteiger partial charge in [0.15, 0.2) is 0 Å². The zero-order chi connectivity index (χ0) is 17.8. The Labute approximate surface area is 145 Å². The number of hydrogen-bond acceptors (Lipinski definition) is 5. The standard InChI is InChI=1S/C18H20N4O3/c19-15-8-14(9-17(10-15)22(24)25)18(23)21-7-6-16(12-21)20-11-13-4-2-1-3-5-13/h1-5,8-10,16,20H,6-7,11-12,19H2/t16-/m1/s1. The van der Waals surface area contributed by atoms with Crippen LogP contribution in [0.3, 0.4) is 0 Å². The number of carbonyl (C=O) groups excluding carboxylic acids is 1. The number of likely N-dealkylation sites (tertiary alicyclic amines) is 1. The summed E-state index contributed by atoms with van der Waals surface area (Å²) in [6.07, 6.45) is 0.850. The number of nitrogen functional groups attached to an aromatic ring is 1. The molecule has 2 aromatic carbocycles. The average Bonchev–Trinajstić information content (AvgIpc) is 3.08. The number of nitrogens with two attached hydrogens (primary N) is 1. The molecule has 0 saturated carbocycles. The number of nitro benzene ring substituents is 1. The number of non-ortho nitro benzene ring substituents is 1. The maximum Gasteiger partial charge on any atom is 0.272 e. The van der Waals surface area contributed by atoms with Gasteiger partial charge in [-0.2, -0.15) is 0 Å². The number of nitro groups is 1. The van der Waals surface area contributed by atoms with E-state index in [0.29, 0.717) is 13.1 Å². The molecule has 0 spiro atoms. The van der Waals surface area contributed by atoms with E-state index in [-0.39, 0.29) is 28.9 Å². The highest BCUT2D eigenvalue weighted by Crippen LogP contribution is 2.21. The topological polar surface area (TPSA) is 102 Å². The SMILES string of the molecule is Nc1cc(C(=O)N2CC[C@@H](NCc3ccccc3)C2)cc([N+](=O)[O-])c1. The number of nitrogens with one attached hydrogen (secondary N) is 1. The second kappa shape index (κ2) is 7.31. The third-order valence-corrected chi connectivity index (χ3v) is 4.31. The van der Waals surface area contributed by atoms with Crippen molar-refractivity contribution in [3.05, 3.63) is 69.8 Å². The van der Waals surface area contributed by atoms with Gasteiger partial charge < -0.3 is 16.0 Å². The number of nitrogens with zero attached hydrogens (tertiary/aromatic N) is 2. The predicted octanol–water partition coefficient (Wildman–Crippen LogP) is 2.18. The Kier molecular flexibility index (Phi) is 4.95. The first-order chi connectivity index (χ1) is 12.0. The summed E-state index contributed by atoms with van der Waals surface area (Å²) in [5.41, 5.74) is 7.19. The first-order valence-corrected chi connectivity index (χ1v) is 8.14. The lowest BCUT2D eigenvalue weighted by molar-refractivity contribution is -0.384. The van der Waals surface area contributed by atoms with Crippen LogP contribution in [0.15, 0.2) is 48.5 Å². The van der Waals surface area contributed by atoms with Gasteiger partial charge in [-0.15, -0.1) is 0 Å². The summed E-state index contributed by atoms with van der Waals surface area (Å²) < 4.78 is 0. The minimum atomic E-state index is -0.540. The summed E-state index contributed by atoms with van der Waals surface area (Å²) in [7, 11) is 0. The van der Waals surface area contributed by atoms with Crippen molar-refractivity contribution < 1.29 is 9.72 Å². The minimum Gasteiger partial charge on any atom is -0.399 e. The van der Waals surface area contributed by atoms with Gasteiger partial charge in [0.2, 0.25) is 0 Å². The first-order valence-electron chi connectivity index (χ1n) is 8.14. The molecule has 1 heterocycles. The maximum atomic E-state index is 12.6. The van der Waals surface area contributed by atoms with Gasteiger partial charge in [-0.05, 0) is 18.1 Å². The van der Waals surface area contributed by atoms with Crippen LogP contribution in [0.1, 0.15) is 22.3 Å². The van der Waals surface area contributed by atoms with E-state index in [1.165, 1.54) is 23.8 Å². The number of anilines is 1. The van der Waals surface area contributed by atoms with Gasteiger partial charge in [0.1, 0.15) is 0 Å². The summed E-state index contributed by atoms with van der Waals surface area (Å²) in [4.78, 5) is 24.7. The Hall–Kier alpha value is -2.93. The van der Waals surface area contributed by atoms with E-state index in [0.717, 1.165) is 13.0 Å². The second-order valence-corrected chi connectivity index (χ2v) is 6.17. The van der Waals surface area contributed by atoms with Gasteiger partial charge in [-0.1, -0.05) is 30.3 Å². The van der Waals surface area contributed by atoms with Gasteiger partial charge in [-0.3, -0.25) is 14.9 Å². The van der Waals surface area contributed by atoms with Gasteiger partial charge in [0.25, 0.3) is 11.6 Å². The van der Waals surface area contributed by atoms with Crippen LogP contribution in [0.2, 0.25) is 0 Å². The van der Waals surface area contributed by atoms with E-state index in [4.69, 9.17) is 5.73 Å². The summed E-state index contributed by atoms with van der Waals surface area (Å²) in [6, 6.07) is 14.3. The fourth-order valence-corrected chi connectivity index (χ4v) is 3.02. The van der Waals surface area contributed by atoms with Crippen LogP contribution in [-0.2, 0) is 6.54 Å². The first kappa shape index (κ1) is 16.9. The van der Waals surface area contributed by atoms with E-state index in [1.807, 2.05) is 18.2 Å². The molecule has 7 nitrogen and oxygen atoms in total. The second-order valence-electron chi connectivity index (χ2n) is 6.17. The van der Waals surface area contributed by atoms with Gasteiger partial charge >= 0.3 is 0 Å². The lowest BCUT2D eigenvalue weighted by Crippen LogP contribution is -2.34. The molecule has 0 aromatic heterocycles. The van der Waals surface area contributed by atoms with Crippen LogP contribution in [0.5, 0.6) is 0 Å². The predicted molar refractivity (Wildman–Crippen MR) is 95.1 cm³/mol. The largest absolute Gasteiger partial charge is 0.399 e. The van der Waals surface area contributed by atoms with Crippen molar-refractivity contribution >= 4 is 17.3 Å². The number of benzene rings is 2. The monoisotopic (exact) mass is 340 g/mol. The van der Waals surface area contributed by atoms with Gasteiger partial charge in [0, 0.05) is 49.1 Å². The molecule has 1 atom stereocenters. The molecule has 1 aliphatic heterocycles. The zero-order valence-corrected chi connectivity index (χ0v) is 13.7. The summed E-state index contributed by atoms with van der Waals surface area (Å²) in [5, 5.41) is 14.4. The van der Waals surface area contributed by atoms with Crippen molar-refractivity contribution in [1.82, 2.24) is 10.2 Å². The highest BCUT2D eigenvalue weighted by molar-refractivity contribution is 5.96. The Morgan fingerprint density at radius 3 is 2.76 bits per heavy atom. The molecule has 0 unspecified atom stereocenters. The van der Waals surface area contributed by atoms with Gasteiger partial charge in [0.05, 0.1) is 4.92 Å². The van der Waals surface area contributed by atoms with Gasteiger partial charge in [-0.25, -0.2) is 0 Å². The molecule has 130 valence electrons.